The van der Waals surface area contributed by atoms with Crippen LogP contribution in [0.2, 0.25) is 0 Å². The maximum Gasteiger partial charge on any atom is 0.00168 e. The molecule has 0 radical (unpaired) electrons. The quantitative estimate of drug-likeness (QED) is 0.239. The van der Waals surface area contributed by atoms with Crippen LogP contribution in [0.4, 0.5) is 0 Å². The van der Waals surface area contributed by atoms with Crippen molar-refractivity contribution < 1.29 is 0 Å². The van der Waals surface area contributed by atoms with E-state index in [-0.39, 0.29) is 0 Å². The molecule has 0 aromatic rings. The predicted octanol–water partition coefficient (Wildman–Crippen LogP) is 7.18. The van der Waals surface area contributed by atoms with Crippen molar-refractivity contribution in [3.8, 4) is 0 Å². The van der Waals surface area contributed by atoms with E-state index in [0.717, 1.165) is 0 Å². The fraction of sp³-hybridized carbons (Fsp3) is 1.00. The summed E-state index contributed by atoms with van der Waals surface area (Å²) in [5.41, 5.74) is 0. The van der Waals surface area contributed by atoms with Crippen molar-refractivity contribution in [1.82, 2.24) is 0 Å². The topological polar surface area (TPSA) is 0 Å². The Hall–Kier alpha value is 0.350. The highest BCUT2D eigenvalue weighted by molar-refractivity contribution is 7.80. The van der Waals surface area contributed by atoms with Gasteiger partial charge in [0.15, 0.2) is 0 Å². The van der Waals surface area contributed by atoms with Crippen LogP contribution in [0.5, 0.6) is 0 Å². The molecule has 0 saturated heterocycles. The first-order valence-electron chi connectivity index (χ1n) is 8.99. The summed E-state index contributed by atoms with van der Waals surface area (Å²) in [5.74, 6) is 0. The van der Waals surface area contributed by atoms with Crippen LogP contribution in [0, 0.1) is 0 Å². The molecule has 1 unspecified atom stereocenters. The zero-order valence-electron chi connectivity index (χ0n) is 13.6. The van der Waals surface area contributed by atoms with Gasteiger partial charge in [0.05, 0.1) is 0 Å². The minimum Gasteiger partial charge on any atom is -0.176 e. The molecule has 0 N–H and O–H groups in total. The van der Waals surface area contributed by atoms with Gasteiger partial charge in [0.2, 0.25) is 0 Å². The van der Waals surface area contributed by atoms with Gasteiger partial charge in [-0.3, -0.25) is 0 Å². The van der Waals surface area contributed by atoms with Gasteiger partial charge in [-0.1, -0.05) is 97.3 Å². The molecule has 0 aliphatic rings. The Kier molecular flexibility index (Phi) is 16.7. The van der Waals surface area contributed by atoms with E-state index in [1.54, 1.807) is 0 Å². The second-order valence-corrected chi connectivity index (χ2v) is 6.85. The number of hydrogen-bond acceptors (Lipinski definition) is 1. The molecule has 0 rings (SSSR count). The van der Waals surface area contributed by atoms with Crippen molar-refractivity contribution in [2.24, 2.45) is 0 Å². The van der Waals surface area contributed by atoms with Crippen LogP contribution in [-0.4, -0.2) is 5.25 Å². The third-order valence-corrected chi connectivity index (χ3v) is 4.55. The fourth-order valence-corrected chi connectivity index (χ4v) is 3.01. The SMILES string of the molecule is CCCCCCCCCCCCC(S)CCCCC. The number of thiol groups is 1. The van der Waals surface area contributed by atoms with Gasteiger partial charge < -0.3 is 0 Å². The standard InChI is InChI=1S/C18H38S/c1-3-5-7-8-9-10-11-12-13-15-17-18(19)16-14-6-4-2/h18-19H,3-17H2,1-2H3. The molecule has 0 aromatic carbocycles. The molecule has 0 bridgehead atoms. The lowest BCUT2D eigenvalue weighted by Crippen LogP contribution is -1.98. The van der Waals surface area contributed by atoms with E-state index >= 15 is 0 Å². The molecule has 0 heterocycles. The van der Waals surface area contributed by atoms with Crippen LogP contribution < -0.4 is 0 Å². The molecule has 116 valence electrons. The molecule has 0 saturated carbocycles. The zero-order valence-corrected chi connectivity index (χ0v) is 14.5. The van der Waals surface area contributed by atoms with Gasteiger partial charge in [0.25, 0.3) is 0 Å². The van der Waals surface area contributed by atoms with Crippen LogP contribution in [0.25, 0.3) is 0 Å². The maximum absolute atomic E-state index is 4.69. The number of rotatable bonds is 15. The molecule has 0 amide bonds. The van der Waals surface area contributed by atoms with E-state index in [0.29, 0.717) is 5.25 Å². The van der Waals surface area contributed by atoms with Gasteiger partial charge in [-0.2, -0.15) is 12.6 Å². The molecule has 0 nitrogen and oxygen atoms in total. The third-order valence-electron chi connectivity index (χ3n) is 4.03. The molecule has 19 heavy (non-hydrogen) atoms. The third kappa shape index (κ3) is 16.3. The number of hydrogen-bond donors (Lipinski definition) is 1. The Labute approximate surface area is 128 Å². The van der Waals surface area contributed by atoms with Gasteiger partial charge in [-0.05, 0) is 12.8 Å². The molecule has 0 aliphatic carbocycles. The van der Waals surface area contributed by atoms with Gasteiger partial charge >= 0.3 is 0 Å². The van der Waals surface area contributed by atoms with Crippen LogP contribution in [0.15, 0.2) is 0 Å². The molecule has 0 fully saturated rings. The first-order valence-corrected chi connectivity index (χ1v) is 9.51. The second-order valence-electron chi connectivity index (χ2n) is 6.12. The van der Waals surface area contributed by atoms with Gasteiger partial charge in [0, 0.05) is 5.25 Å². The largest absolute Gasteiger partial charge is 0.176 e. The van der Waals surface area contributed by atoms with Crippen LogP contribution in [0.3, 0.4) is 0 Å². The minimum absolute atomic E-state index is 0.667. The van der Waals surface area contributed by atoms with Gasteiger partial charge in [-0.25, -0.2) is 0 Å². The first-order chi connectivity index (χ1) is 9.31. The Morgan fingerprint density at radius 2 is 0.842 bits per heavy atom. The van der Waals surface area contributed by atoms with Crippen molar-refractivity contribution in [2.75, 3.05) is 0 Å². The molecular weight excluding hydrogens is 248 g/mol. The molecule has 1 atom stereocenters. The summed E-state index contributed by atoms with van der Waals surface area (Å²) < 4.78 is 0. The highest BCUT2D eigenvalue weighted by atomic mass is 32.1. The van der Waals surface area contributed by atoms with Crippen molar-refractivity contribution in [1.29, 1.82) is 0 Å². The summed E-state index contributed by atoms with van der Waals surface area (Å²) in [6.45, 7) is 4.56. The monoisotopic (exact) mass is 286 g/mol. The summed E-state index contributed by atoms with van der Waals surface area (Å²) in [4.78, 5) is 0. The lowest BCUT2D eigenvalue weighted by atomic mass is 10.0. The average Bonchev–Trinajstić information content (AvgIpc) is 2.41. The van der Waals surface area contributed by atoms with E-state index in [4.69, 9.17) is 12.6 Å². The van der Waals surface area contributed by atoms with E-state index < -0.39 is 0 Å². The Balaban J connectivity index is 3.05. The van der Waals surface area contributed by atoms with E-state index in [9.17, 15) is 0 Å². The number of unbranched alkanes of at least 4 members (excludes halogenated alkanes) is 11. The Bertz CT molecular complexity index is 156. The molecule has 0 spiro atoms. The van der Waals surface area contributed by atoms with Crippen molar-refractivity contribution in [2.45, 2.75) is 115 Å². The Morgan fingerprint density at radius 1 is 0.526 bits per heavy atom. The predicted molar refractivity (Wildman–Crippen MR) is 93.4 cm³/mol. The minimum atomic E-state index is 0.667. The van der Waals surface area contributed by atoms with Crippen LogP contribution in [-0.2, 0) is 0 Å². The summed E-state index contributed by atoms with van der Waals surface area (Å²) in [7, 11) is 0. The maximum atomic E-state index is 4.69. The average molecular weight is 287 g/mol. The van der Waals surface area contributed by atoms with Crippen molar-refractivity contribution >= 4 is 12.6 Å². The molecule has 0 aliphatic heterocycles. The van der Waals surface area contributed by atoms with Gasteiger partial charge in [-0.15, -0.1) is 0 Å². The second kappa shape index (κ2) is 16.4. The highest BCUT2D eigenvalue weighted by Gasteiger charge is 2.02. The smallest absolute Gasteiger partial charge is 0.00168 e. The van der Waals surface area contributed by atoms with Crippen LogP contribution in [0.1, 0.15) is 110 Å². The summed E-state index contributed by atoms with van der Waals surface area (Å²) in [6.07, 6.45) is 21.1. The lowest BCUT2D eigenvalue weighted by Gasteiger charge is -2.09. The lowest BCUT2D eigenvalue weighted by molar-refractivity contribution is 0.537. The Morgan fingerprint density at radius 3 is 1.32 bits per heavy atom. The summed E-state index contributed by atoms with van der Waals surface area (Å²) in [5, 5.41) is 0.667. The first kappa shape index (κ1) is 19.4. The van der Waals surface area contributed by atoms with E-state index in [1.807, 2.05) is 0 Å². The van der Waals surface area contributed by atoms with Gasteiger partial charge in [0.1, 0.15) is 0 Å². The molecule has 0 aromatic heterocycles. The summed E-state index contributed by atoms with van der Waals surface area (Å²) >= 11 is 4.69. The fourth-order valence-electron chi connectivity index (χ4n) is 2.64. The van der Waals surface area contributed by atoms with Crippen molar-refractivity contribution in [3.05, 3.63) is 0 Å². The molecular formula is C18H38S. The van der Waals surface area contributed by atoms with Crippen molar-refractivity contribution in [3.63, 3.8) is 0 Å². The summed E-state index contributed by atoms with van der Waals surface area (Å²) in [6, 6.07) is 0. The van der Waals surface area contributed by atoms with E-state index in [1.165, 1.54) is 96.3 Å². The molecule has 1 heteroatoms. The van der Waals surface area contributed by atoms with E-state index in [2.05, 4.69) is 13.8 Å². The highest BCUT2D eigenvalue weighted by Crippen LogP contribution is 2.17. The zero-order chi connectivity index (χ0) is 14.2. The van der Waals surface area contributed by atoms with Crippen LogP contribution >= 0.6 is 12.6 Å². The normalized spacial score (nSPS) is 12.8.